The monoisotopic (exact) mass is 248 g/mol. The lowest BCUT2D eigenvalue weighted by molar-refractivity contribution is 0.194. The van der Waals surface area contributed by atoms with Crippen molar-refractivity contribution in [2.24, 2.45) is 5.92 Å². The van der Waals surface area contributed by atoms with Crippen molar-refractivity contribution in [3.8, 4) is 0 Å². The minimum atomic E-state index is -0.487. The number of anilines is 1. The van der Waals surface area contributed by atoms with E-state index in [1.807, 2.05) is 12.3 Å². The molecule has 3 unspecified atom stereocenters. The van der Waals surface area contributed by atoms with Crippen LogP contribution in [0, 0.1) is 5.92 Å². The van der Waals surface area contributed by atoms with E-state index in [4.69, 9.17) is 0 Å². The molecule has 3 nitrogen and oxygen atoms in total. The molecule has 0 bridgehead atoms. The van der Waals surface area contributed by atoms with Gasteiger partial charge in [0.05, 0.1) is 23.7 Å². The first-order valence-electron chi connectivity index (χ1n) is 6.94. The Morgan fingerprint density at radius 3 is 2.72 bits per heavy atom. The topological polar surface area (TPSA) is 36.4 Å². The number of aromatic nitrogens is 1. The van der Waals surface area contributed by atoms with Crippen LogP contribution in [0.4, 0.5) is 5.69 Å². The number of hydrogen-bond acceptors (Lipinski definition) is 3. The zero-order chi connectivity index (χ0) is 13.1. The molecule has 1 fully saturated rings. The molecule has 1 aliphatic carbocycles. The summed E-state index contributed by atoms with van der Waals surface area (Å²) >= 11 is 0. The van der Waals surface area contributed by atoms with E-state index in [9.17, 15) is 5.11 Å². The largest absolute Gasteiger partial charge is 0.387 e. The van der Waals surface area contributed by atoms with E-state index < -0.39 is 6.10 Å². The zero-order valence-electron chi connectivity index (χ0n) is 11.6. The molecule has 0 spiro atoms. The summed E-state index contributed by atoms with van der Waals surface area (Å²) in [4.78, 5) is 6.66. The van der Waals surface area contributed by atoms with Crippen molar-refractivity contribution in [1.82, 2.24) is 4.98 Å². The first-order chi connectivity index (χ1) is 8.58. The smallest absolute Gasteiger partial charge is 0.0931 e. The summed E-state index contributed by atoms with van der Waals surface area (Å²) in [6.45, 7) is 4.09. The minimum absolute atomic E-state index is 0.487. The number of pyridine rings is 1. The number of aliphatic hydroxyl groups excluding tert-OH is 1. The van der Waals surface area contributed by atoms with Crippen molar-refractivity contribution in [2.45, 2.75) is 51.7 Å². The van der Waals surface area contributed by atoms with Crippen LogP contribution in [0.15, 0.2) is 18.3 Å². The Labute approximate surface area is 110 Å². The lowest BCUT2D eigenvalue weighted by Crippen LogP contribution is -2.35. The molecule has 0 amide bonds. The van der Waals surface area contributed by atoms with Gasteiger partial charge in [0.2, 0.25) is 0 Å². The van der Waals surface area contributed by atoms with Gasteiger partial charge in [-0.2, -0.15) is 0 Å². The Morgan fingerprint density at radius 1 is 1.39 bits per heavy atom. The molecule has 2 rings (SSSR count). The maximum absolute atomic E-state index is 9.46. The number of nitrogens with zero attached hydrogens (tertiary/aromatic N) is 2. The molecule has 0 radical (unpaired) electrons. The summed E-state index contributed by atoms with van der Waals surface area (Å²) in [7, 11) is 2.15. The molecule has 1 N–H and O–H groups in total. The van der Waals surface area contributed by atoms with Gasteiger partial charge in [-0.1, -0.05) is 19.8 Å². The second kappa shape index (κ2) is 5.70. The van der Waals surface area contributed by atoms with E-state index in [2.05, 4.69) is 29.9 Å². The fraction of sp³-hybridized carbons (Fsp3) is 0.667. The molecule has 3 atom stereocenters. The van der Waals surface area contributed by atoms with Gasteiger partial charge >= 0.3 is 0 Å². The third-order valence-electron chi connectivity index (χ3n) is 4.06. The highest BCUT2D eigenvalue weighted by Gasteiger charge is 2.22. The lowest BCUT2D eigenvalue weighted by Gasteiger charge is -2.35. The summed E-state index contributed by atoms with van der Waals surface area (Å²) < 4.78 is 0. The molecular formula is C15H24N2O. The van der Waals surface area contributed by atoms with Crippen LogP contribution in [0.2, 0.25) is 0 Å². The molecule has 0 saturated heterocycles. The lowest BCUT2D eigenvalue weighted by atomic mass is 9.86. The van der Waals surface area contributed by atoms with Gasteiger partial charge in [-0.05, 0) is 37.8 Å². The van der Waals surface area contributed by atoms with Gasteiger partial charge in [-0.15, -0.1) is 0 Å². The van der Waals surface area contributed by atoms with Gasteiger partial charge in [-0.25, -0.2) is 0 Å². The van der Waals surface area contributed by atoms with Crippen molar-refractivity contribution in [3.05, 3.63) is 24.0 Å². The zero-order valence-corrected chi connectivity index (χ0v) is 11.6. The van der Waals surface area contributed by atoms with Crippen LogP contribution in [-0.4, -0.2) is 23.2 Å². The van der Waals surface area contributed by atoms with E-state index in [1.165, 1.54) is 25.7 Å². The Bertz CT molecular complexity index is 375. The fourth-order valence-corrected chi connectivity index (χ4v) is 2.82. The normalized spacial score (nSPS) is 25.8. The molecule has 1 heterocycles. The summed E-state index contributed by atoms with van der Waals surface area (Å²) in [5.41, 5.74) is 1.89. The molecule has 0 aromatic carbocycles. The highest BCUT2D eigenvalue weighted by molar-refractivity contribution is 5.45. The molecule has 100 valence electrons. The Kier molecular flexibility index (Phi) is 4.23. The van der Waals surface area contributed by atoms with E-state index >= 15 is 0 Å². The van der Waals surface area contributed by atoms with Gasteiger partial charge in [0.1, 0.15) is 0 Å². The van der Waals surface area contributed by atoms with Crippen molar-refractivity contribution in [3.63, 3.8) is 0 Å². The first-order valence-corrected chi connectivity index (χ1v) is 6.94. The van der Waals surface area contributed by atoms with Gasteiger partial charge in [0, 0.05) is 13.1 Å². The van der Waals surface area contributed by atoms with Crippen LogP contribution in [-0.2, 0) is 0 Å². The average molecular weight is 248 g/mol. The highest BCUT2D eigenvalue weighted by atomic mass is 16.3. The Morgan fingerprint density at radius 2 is 2.17 bits per heavy atom. The second-order valence-corrected chi connectivity index (χ2v) is 5.65. The van der Waals surface area contributed by atoms with Crippen LogP contribution in [0.1, 0.15) is 51.3 Å². The van der Waals surface area contributed by atoms with Crippen molar-refractivity contribution < 1.29 is 5.11 Å². The number of hydrogen-bond donors (Lipinski definition) is 1. The van der Waals surface area contributed by atoms with Crippen LogP contribution in [0.25, 0.3) is 0 Å². The molecule has 1 aliphatic rings. The van der Waals surface area contributed by atoms with E-state index in [1.54, 1.807) is 6.92 Å². The summed E-state index contributed by atoms with van der Waals surface area (Å²) in [6, 6.07) is 4.62. The number of aliphatic hydroxyl groups is 1. The SMILES string of the molecule is CC1CCCC(N(C)c2ccc(C(C)O)nc2)C1. The molecule has 18 heavy (non-hydrogen) atoms. The fourth-order valence-electron chi connectivity index (χ4n) is 2.82. The van der Waals surface area contributed by atoms with Crippen LogP contribution < -0.4 is 4.90 Å². The predicted octanol–water partition coefficient (Wildman–Crippen LogP) is 3.15. The first kappa shape index (κ1) is 13.3. The van der Waals surface area contributed by atoms with E-state index in [-0.39, 0.29) is 0 Å². The summed E-state index contributed by atoms with van der Waals surface area (Å²) in [6.07, 6.45) is 6.63. The van der Waals surface area contributed by atoms with Crippen LogP contribution in [0.5, 0.6) is 0 Å². The van der Waals surface area contributed by atoms with Gasteiger partial charge in [0.25, 0.3) is 0 Å². The Hall–Kier alpha value is -1.09. The highest BCUT2D eigenvalue weighted by Crippen LogP contribution is 2.29. The van der Waals surface area contributed by atoms with Gasteiger partial charge in [0.15, 0.2) is 0 Å². The third kappa shape index (κ3) is 3.02. The maximum atomic E-state index is 9.46. The average Bonchev–Trinajstić information content (AvgIpc) is 2.38. The Balaban J connectivity index is 2.05. The number of rotatable bonds is 3. The summed E-state index contributed by atoms with van der Waals surface area (Å²) in [5.74, 6) is 0.830. The van der Waals surface area contributed by atoms with Crippen LogP contribution in [0.3, 0.4) is 0 Å². The minimum Gasteiger partial charge on any atom is -0.387 e. The molecule has 1 aromatic heterocycles. The van der Waals surface area contributed by atoms with Crippen molar-refractivity contribution >= 4 is 5.69 Å². The predicted molar refractivity (Wildman–Crippen MR) is 74.7 cm³/mol. The second-order valence-electron chi connectivity index (χ2n) is 5.65. The van der Waals surface area contributed by atoms with Crippen molar-refractivity contribution in [1.29, 1.82) is 0 Å². The van der Waals surface area contributed by atoms with E-state index in [0.29, 0.717) is 6.04 Å². The maximum Gasteiger partial charge on any atom is 0.0931 e. The quantitative estimate of drug-likeness (QED) is 0.892. The third-order valence-corrected chi connectivity index (χ3v) is 4.06. The van der Waals surface area contributed by atoms with Crippen LogP contribution >= 0.6 is 0 Å². The van der Waals surface area contributed by atoms with Gasteiger partial charge < -0.3 is 10.0 Å². The standard InChI is InChI=1S/C15H24N2O/c1-11-5-4-6-13(9-11)17(3)14-7-8-15(12(2)18)16-10-14/h7-8,10-13,18H,4-6,9H2,1-3H3. The molecule has 0 aliphatic heterocycles. The van der Waals surface area contributed by atoms with Gasteiger partial charge in [-0.3, -0.25) is 4.98 Å². The molecular weight excluding hydrogens is 224 g/mol. The summed E-state index contributed by atoms with van der Waals surface area (Å²) in [5, 5.41) is 9.46. The molecule has 1 saturated carbocycles. The molecule has 1 aromatic rings. The molecule has 3 heteroatoms. The van der Waals surface area contributed by atoms with Crippen molar-refractivity contribution in [2.75, 3.05) is 11.9 Å². The van der Waals surface area contributed by atoms with E-state index in [0.717, 1.165) is 17.3 Å².